The largest absolute Gasteiger partial charge is 0.348 e. The number of benzene rings is 2. The fourth-order valence-corrected chi connectivity index (χ4v) is 4.10. The molecule has 3 rings (SSSR count). The number of carbonyl (C=O) groups is 1. The van der Waals surface area contributed by atoms with Crippen LogP contribution >= 0.6 is 0 Å². The van der Waals surface area contributed by atoms with E-state index < -0.39 is 10.0 Å². The Morgan fingerprint density at radius 2 is 1.67 bits per heavy atom. The van der Waals surface area contributed by atoms with E-state index in [1.807, 2.05) is 12.1 Å². The minimum atomic E-state index is -3.30. The Hall–Kier alpha value is -2.64. The van der Waals surface area contributed by atoms with E-state index in [1.165, 1.54) is 30.9 Å². The lowest BCUT2D eigenvalue weighted by Crippen LogP contribution is -2.30. The van der Waals surface area contributed by atoms with Gasteiger partial charge in [0.1, 0.15) is 0 Å². The molecule has 0 bridgehead atoms. The first-order valence-electron chi connectivity index (χ1n) is 10.2. The van der Waals surface area contributed by atoms with Crippen molar-refractivity contribution < 1.29 is 13.2 Å². The Morgan fingerprint density at radius 1 is 1.00 bits per heavy atom. The van der Waals surface area contributed by atoms with Crippen molar-refractivity contribution in [1.29, 1.82) is 0 Å². The average Bonchev–Trinajstić information content (AvgIpc) is 2.72. The van der Waals surface area contributed by atoms with Crippen LogP contribution in [0.15, 0.2) is 54.6 Å². The standard InChI is InChI=1S/C23H29N3O3S/c1-30(28,29)25-22-12-9-19(10-13-22)11-14-23(27)24-17-20-7-3-4-8-21(20)18-26-15-5-2-6-16-26/h3-4,7-14,25H,2,5-6,15-18H2,1H3,(H,24,27)/b14-11+. The van der Waals surface area contributed by atoms with E-state index in [9.17, 15) is 13.2 Å². The molecule has 6 nitrogen and oxygen atoms in total. The highest BCUT2D eigenvalue weighted by Crippen LogP contribution is 2.16. The van der Waals surface area contributed by atoms with Gasteiger partial charge >= 0.3 is 0 Å². The van der Waals surface area contributed by atoms with Crippen molar-refractivity contribution in [1.82, 2.24) is 10.2 Å². The molecule has 1 fully saturated rings. The SMILES string of the molecule is CS(=O)(=O)Nc1ccc(/C=C/C(=O)NCc2ccccc2CN2CCCCC2)cc1. The minimum Gasteiger partial charge on any atom is -0.348 e. The van der Waals surface area contributed by atoms with Gasteiger partial charge < -0.3 is 5.32 Å². The molecule has 0 spiro atoms. The van der Waals surface area contributed by atoms with Gasteiger partial charge in [-0.2, -0.15) is 0 Å². The highest BCUT2D eigenvalue weighted by Gasteiger charge is 2.12. The van der Waals surface area contributed by atoms with Crippen molar-refractivity contribution in [2.75, 3.05) is 24.1 Å². The van der Waals surface area contributed by atoms with Crippen LogP contribution in [0.3, 0.4) is 0 Å². The van der Waals surface area contributed by atoms with Crippen LogP contribution in [0.1, 0.15) is 36.0 Å². The van der Waals surface area contributed by atoms with Crippen LogP contribution in [-0.4, -0.2) is 38.6 Å². The number of hydrogen-bond acceptors (Lipinski definition) is 4. The highest BCUT2D eigenvalue weighted by molar-refractivity contribution is 7.92. The molecule has 0 saturated carbocycles. The molecule has 0 aliphatic carbocycles. The lowest BCUT2D eigenvalue weighted by atomic mass is 10.0. The zero-order valence-corrected chi connectivity index (χ0v) is 18.1. The molecule has 0 unspecified atom stereocenters. The summed E-state index contributed by atoms with van der Waals surface area (Å²) in [7, 11) is -3.30. The summed E-state index contributed by atoms with van der Waals surface area (Å²) < 4.78 is 24.9. The zero-order valence-electron chi connectivity index (χ0n) is 17.3. The maximum atomic E-state index is 12.2. The van der Waals surface area contributed by atoms with Gasteiger partial charge in [-0.25, -0.2) is 8.42 Å². The van der Waals surface area contributed by atoms with Crippen LogP contribution < -0.4 is 10.0 Å². The highest BCUT2D eigenvalue weighted by atomic mass is 32.2. The van der Waals surface area contributed by atoms with Crippen LogP contribution in [0.2, 0.25) is 0 Å². The predicted octanol–water partition coefficient (Wildman–Crippen LogP) is 3.37. The second kappa shape index (κ2) is 10.4. The Bertz CT molecular complexity index is 979. The van der Waals surface area contributed by atoms with Crippen molar-refractivity contribution in [2.45, 2.75) is 32.4 Å². The molecular formula is C23H29N3O3S. The summed E-state index contributed by atoms with van der Waals surface area (Å²) in [6, 6.07) is 15.1. The fraction of sp³-hybridized carbons (Fsp3) is 0.348. The first kappa shape index (κ1) is 22.1. The van der Waals surface area contributed by atoms with E-state index in [2.05, 4.69) is 27.1 Å². The van der Waals surface area contributed by atoms with E-state index in [-0.39, 0.29) is 5.91 Å². The summed E-state index contributed by atoms with van der Waals surface area (Å²) in [4.78, 5) is 14.7. The van der Waals surface area contributed by atoms with Gasteiger partial charge in [-0.1, -0.05) is 42.8 Å². The van der Waals surface area contributed by atoms with Crippen LogP contribution in [-0.2, 0) is 27.9 Å². The van der Waals surface area contributed by atoms with E-state index in [0.29, 0.717) is 12.2 Å². The van der Waals surface area contributed by atoms with Crippen LogP contribution in [0, 0.1) is 0 Å². The number of sulfonamides is 1. The van der Waals surface area contributed by atoms with E-state index >= 15 is 0 Å². The van der Waals surface area contributed by atoms with Gasteiger partial charge in [0.25, 0.3) is 0 Å². The number of anilines is 1. The molecule has 160 valence electrons. The first-order valence-corrected chi connectivity index (χ1v) is 12.1. The van der Waals surface area contributed by atoms with Crippen LogP contribution in [0.25, 0.3) is 6.08 Å². The second-order valence-corrected chi connectivity index (χ2v) is 9.40. The van der Waals surface area contributed by atoms with Crippen molar-refractivity contribution in [3.63, 3.8) is 0 Å². The third-order valence-corrected chi connectivity index (χ3v) is 5.66. The molecule has 1 saturated heterocycles. The fourth-order valence-electron chi connectivity index (χ4n) is 3.53. The maximum Gasteiger partial charge on any atom is 0.244 e. The van der Waals surface area contributed by atoms with Crippen molar-refractivity contribution >= 4 is 27.7 Å². The third kappa shape index (κ3) is 7.31. The Balaban J connectivity index is 1.53. The second-order valence-electron chi connectivity index (χ2n) is 7.65. The Labute approximate surface area is 179 Å². The number of piperidine rings is 1. The van der Waals surface area contributed by atoms with Crippen molar-refractivity contribution in [3.05, 3.63) is 71.3 Å². The molecule has 2 aromatic rings. The molecule has 30 heavy (non-hydrogen) atoms. The number of carbonyl (C=O) groups excluding carboxylic acids is 1. The zero-order chi connectivity index (χ0) is 21.4. The van der Waals surface area contributed by atoms with Crippen molar-refractivity contribution in [2.24, 2.45) is 0 Å². The molecule has 2 N–H and O–H groups in total. The average molecular weight is 428 g/mol. The van der Waals surface area contributed by atoms with Crippen LogP contribution in [0.5, 0.6) is 0 Å². The van der Waals surface area contributed by atoms with Gasteiger partial charge in [0, 0.05) is 24.9 Å². The molecular weight excluding hydrogens is 398 g/mol. The summed E-state index contributed by atoms with van der Waals surface area (Å²) in [6.07, 6.45) is 8.14. The molecule has 2 aromatic carbocycles. The molecule has 1 aliphatic rings. The lowest BCUT2D eigenvalue weighted by Gasteiger charge is -2.27. The number of nitrogens with one attached hydrogen (secondary N) is 2. The number of amides is 1. The molecule has 1 heterocycles. The topological polar surface area (TPSA) is 78.5 Å². The van der Waals surface area contributed by atoms with E-state index in [1.54, 1.807) is 30.3 Å². The van der Waals surface area contributed by atoms with Crippen LogP contribution in [0.4, 0.5) is 5.69 Å². The van der Waals surface area contributed by atoms with Gasteiger partial charge in [0.2, 0.25) is 15.9 Å². The molecule has 0 atom stereocenters. The number of likely N-dealkylation sites (tertiary alicyclic amines) is 1. The predicted molar refractivity (Wildman–Crippen MR) is 121 cm³/mol. The Kier molecular flexibility index (Phi) is 7.65. The van der Waals surface area contributed by atoms with Gasteiger partial charge in [0.05, 0.1) is 6.26 Å². The van der Waals surface area contributed by atoms with Crippen molar-refractivity contribution in [3.8, 4) is 0 Å². The number of rotatable bonds is 8. The number of hydrogen-bond donors (Lipinski definition) is 2. The summed E-state index contributed by atoms with van der Waals surface area (Å²) >= 11 is 0. The normalized spacial score (nSPS) is 15.2. The maximum absolute atomic E-state index is 12.2. The molecule has 1 aliphatic heterocycles. The van der Waals surface area contributed by atoms with Gasteiger partial charge in [0.15, 0.2) is 0 Å². The smallest absolute Gasteiger partial charge is 0.244 e. The lowest BCUT2D eigenvalue weighted by molar-refractivity contribution is -0.116. The monoisotopic (exact) mass is 427 g/mol. The van der Waals surface area contributed by atoms with Gasteiger partial charge in [-0.3, -0.25) is 14.4 Å². The van der Waals surface area contributed by atoms with Gasteiger partial charge in [-0.15, -0.1) is 0 Å². The summed E-state index contributed by atoms with van der Waals surface area (Å²) in [5.74, 6) is -0.166. The summed E-state index contributed by atoms with van der Waals surface area (Å²) in [5.41, 5.74) is 3.71. The first-order chi connectivity index (χ1) is 14.4. The van der Waals surface area contributed by atoms with Gasteiger partial charge in [-0.05, 0) is 60.8 Å². The third-order valence-electron chi connectivity index (χ3n) is 5.06. The minimum absolute atomic E-state index is 0.166. The Morgan fingerprint density at radius 3 is 2.33 bits per heavy atom. The molecule has 0 radical (unpaired) electrons. The summed E-state index contributed by atoms with van der Waals surface area (Å²) in [5, 5.41) is 2.95. The van der Waals surface area contributed by atoms with E-state index in [4.69, 9.17) is 0 Å². The molecule has 7 heteroatoms. The molecule has 1 amide bonds. The summed E-state index contributed by atoms with van der Waals surface area (Å²) in [6.45, 7) is 3.70. The van der Waals surface area contributed by atoms with E-state index in [0.717, 1.165) is 37.0 Å². The molecule has 0 aromatic heterocycles. The quantitative estimate of drug-likeness (QED) is 0.633. The number of nitrogens with zero attached hydrogens (tertiary/aromatic N) is 1.